The Morgan fingerprint density at radius 2 is 1.39 bits per heavy atom. The summed E-state index contributed by atoms with van der Waals surface area (Å²) in [6, 6.07) is 35.9. The van der Waals surface area contributed by atoms with E-state index in [1.54, 1.807) is 0 Å². The number of rotatable bonds is 19. The number of nitrogens with two attached hydrogens (primary N) is 1. The van der Waals surface area contributed by atoms with Crippen LogP contribution in [0.25, 0.3) is 11.1 Å². The van der Waals surface area contributed by atoms with E-state index in [0.29, 0.717) is 50.8 Å². The van der Waals surface area contributed by atoms with E-state index in [1.807, 2.05) is 97.1 Å². The third-order valence-electron chi connectivity index (χ3n) is 9.49. The minimum atomic E-state index is -1.63. The Labute approximate surface area is 300 Å². The minimum Gasteiger partial charge on any atom is -0.464 e. The van der Waals surface area contributed by atoms with E-state index >= 15 is 0 Å². The van der Waals surface area contributed by atoms with Crippen molar-refractivity contribution < 1.29 is 29.0 Å². The quantitative estimate of drug-likeness (QED) is 0.0341. The van der Waals surface area contributed by atoms with Gasteiger partial charge in [-0.1, -0.05) is 109 Å². The molecule has 5 rings (SSSR count). The molecule has 4 N–H and O–H groups in total. The van der Waals surface area contributed by atoms with Crippen molar-refractivity contribution in [1.29, 1.82) is 0 Å². The zero-order valence-electron chi connectivity index (χ0n) is 29.2. The van der Waals surface area contributed by atoms with Crippen LogP contribution in [0, 0.1) is 0 Å². The van der Waals surface area contributed by atoms with Crippen LogP contribution in [0.15, 0.2) is 109 Å². The van der Waals surface area contributed by atoms with Gasteiger partial charge in [0.15, 0.2) is 5.54 Å². The summed E-state index contributed by atoms with van der Waals surface area (Å²) in [5, 5.41) is 13.5. The monoisotopic (exact) mass is 692 g/mol. The fraction of sp³-hybridized carbons (Fsp3) is 0.341. The number of ether oxygens (including phenoxy) is 2. The number of carbonyl (C=O) groups is 3. The van der Waals surface area contributed by atoms with E-state index in [0.717, 1.165) is 46.2 Å². The molecule has 0 saturated heterocycles. The zero-order chi connectivity index (χ0) is 36.1. The lowest BCUT2D eigenvalue weighted by Crippen LogP contribution is -2.60. The number of esters is 1. The summed E-state index contributed by atoms with van der Waals surface area (Å²) >= 11 is 0. The Kier molecular flexibility index (Phi) is 13.3. The molecule has 0 aliphatic heterocycles. The fourth-order valence-electron chi connectivity index (χ4n) is 6.48. The molecule has 1 aliphatic rings. The summed E-state index contributed by atoms with van der Waals surface area (Å²) in [7, 11) is 0. The van der Waals surface area contributed by atoms with Gasteiger partial charge in [-0.25, -0.2) is 20.4 Å². The smallest absolute Gasteiger partial charge is 0.422 e. The number of benzene rings is 4. The van der Waals surface area contributed by atoms with Gasteiger partial charge in [0.2, 0.25) is 5.91 Å². The van der Waals surface area contributed by atoms with Gasteiger partial charge >= 0.3 is 12.1 Å². The predicted molar refractivity (Wildman–Crippen MR) is 196 cm³/mol. The zero-order valence-corrected chi connectivity index (χ0v) is 29.2. The molecule has 10 nitrogen and oxygen atoms in total. The Hall–Kier alpha value is -5.03. The number of fused-ring (bicyclic) bond motifs is 3. The van der Waals surface area contributed by atoms with Gasteiger partial charge in [-0.05, 0) is 66.1 Å². The normalized spacial score (nSPS) is 13.2. The second kappa shape index (κ2) is 18.3. The highest BCUT2D eigenvalue weighted by Crippen LogP contribution is 2.44. The van der Waals surface area contributed by atoms with E-state index in [9.17, 15) is 19.5 Å². The molecule has 4 aromatic rings. The predicted octanol–water partition coefficient (Wildman–Crippen LogP) is 6.35. The molecule has 1 aliphatic carbocycles. The first-order valence-electron chi connectivity index (χ1n) is 17.5. The molecule has 1 atom stereocenters. The van der Waals surface area contributed by atoms with Crippen molar-refractivity contribution in [3.63, 3.8) is 0 Å². The summed E-state index contributed by atoms with van der Waals surface area (Å²) in [4.78, 5) is 40.5. The van der Waals surface area contributed by atoms with E-state index in [-0.39, 0.29) is 24.9 Å². The highest BCUT2D eigenvalue weighted by atomic mass is 16.5. The summed E-state index contributed by atoms with van der Waals surface area (Å²) in [5.74, 6) is 5.16. The lowest BCUT2D eigenvalue weighted by molar-refractivity contribution is -0.157. The molecule has 0 fully saturated rings. The molecule has 10 heteroatoms. The van der Waals surface area contributed by atoms with Crippen LogP contribution in [-0.4, -0.2) is 71.4 Å². The number of carbonyl (C=O) groups excluding carboxylic acids is 2. The molecule has 0 saturated carbocycles. The maximum atomic E-state index is 13.8. The summed E-state index contributed by atoms with van der Waals surface area (Å²) < 4.78 is 11.6. The summed E-state index contributed by atoms with van der Waals surface area (Å²) in [6.07, 6.45) is 0.537. The van der Waals surface area contributed by atoms with Crippen molar-refractivity contribution in [2.24, 2.45) is 5.84 Å². The molecule has 0 heterocycles. The Morgan fingerprint density at radius 3 is 2.02 bits per heavy atom. The molecule has 0 aromatic heterocycles. The van der Waals surface area contributed by atoms with Gasteiger partial charge in [-0.3, -0.25) is 9.69 Å². The topological polar surface area (TPSA) is 134 Å². The van der Waals surface area contributed by atoms with E-state index < -0.39 is 17.6 Å². The Morgan fingerprint density at radius 1 is 0.804 bits per heavy atom. The SMILES string of the molecule is C[C@@](CCN(CCCCNC(=O)CCOCc1ccccc1)Cc1ccccc1)(C(=O)OCC1c2ccccc2-c2ccccc21)N(N)C(=O)O. The number of nitrogens with one attached hydrogen (secondary N) is 1. The number of hydrazine groups is 1. The van der Waals surface area contributed by atoms with Gasteiger partial charge in [-0.2, -0.15) is 0 Å². The number of carboxylic acid groups (broad SMARTS) is 1. The Bertz CT molecular complexity index is 1690. The number of nitrogens with zero attached hydrogens (tertiary/aromatic N) is 2. The lowest BCUT2D eigenvalue weighted by atomic mass is 9.95. The van der Waals surface area contributed by atoms with Crippen LogP contribution >= 0.6 is 0 Å². The number of hydrogen-bond acceptors (Lipinski definition) is 7. The molecule has 4 aromatic carbocycles. The summed E-state index contributed by atoms with van der Waals surface area (Å²) in [5.41, 5.74) is 4.87. The number of unbranched alkanes of at least 4 members (excludes halogenated alkanes) is 1. The van der Waals surface area contributed by atoms with Crippen LogP contribution in [-0.2, 0) is 32.2 Å². The molecule has 0 radical (unpaired) electrons. The van der Waals surface area contributed by atoms with Crippen molar-refractivity contribution in [3.05, 3.63) is 131 Å². The van der Waals surface area contributed by atoms with Crippen LogP contribution in [0.5, 0.6) is 0 Å². The number of amides is 2. The van der Waals surface area contributed by atoms with Gasteiger partial charge in [0.25, 0.3) is 0 Å². The minimum absolute atomic E-state index is 0.0558. The number of hydrogen-bond donors (Lipinski definition) is 3. The second-order valence-corrected chi connectivity index (χ2v) is 13.1. The van der Waals surface area contributed by atoms with Gasteiger partial charge in [0.1, 0.15) is 6.61 Å². The van der Waals surface area contributed by atoms with Crippen LogP contribution < -0.4 is 11.2 Å². The van der Waals surface area contributed by atoms with Crippen LogP contribution in [0.4, 0.5) is 4.79 Å². The van der Waals surface area contributed by atoms with Gasteiger partial charge in [0.05, 0.1) is 13.2 Å². The van der Waals surface area contributed by atoms with E-state index in [4.69, 9.17) is 15.3 Å². The van der Waals surface area contributed by atoms with Crippen molar-refractivity contribution in [3.8, 4) is 11.1 Å². The van der Waals surface area contributed by atoms with Crippen LogP contribution in [0.1, 0.15) is 60.8 Å². The first-order valence-corrected chi connectivity index (χ1v) is 17.5. The summed E-state index contributed by atoms with van der Waals surface area (Å²) in [6.45, 7) is 4.61. The van der Waals surface area contributed by atoms with E-state index in [1.165, 1.54) is 6.92 Å². The van der Waals surface area contributed by atoms with Crippen molar-refractivity contribution >= 4 is 18.0 Å². The average molecular weight is 693 g/mol. The third kappa shape index (κ3) is 10.0. The van der Waals surface area contributed by atoms with Gasteiger partial charge < -0.3 is 19.9 Å². The molecule has 0 bridgehead atoms. The highest BCUT2D eigenvalue weighted by molar-refractivity contribution is 5.85. The first kappa shape index (κ1) is 37.2. The largest absolute Gasteiger partial charge is 0.464 e. The molecule has 0 spiro atoms. The molecular weight excluding hydrogens is 644 g/mol. The molecule has 268 valence electrons. The molecule has 51 heavy (non-hydrogen) atoms. The average Bonchev–Trinajstić information content (AvgIpc) is 3.48. The molecule has 0 unspecified atom stereocenters. The standard InChI is InChI=1S/C41H48N4O6/c1-41(45(42)40(48)49,39(47)51-30-37-35-20-10-8-18-33(35)34-19-9-11-21-36(34)37)23-26-44(28-31-14-4-2-5-15-31)25-13-12-24-43-38(46)22-27-50-29-32-16-6-3-7-17-32/h2-11,14-21,37H,12-13,22-30,42H2,1H3,(H,43,46)(H,48,49)/t41-/m1/s1. The van der Waals surface area contributed by atoms with Gasteiger partial charge in [0, 0.05) is 32.0 Å². The van der Waals surface area contributed by atoms with Crippen molar-refractivity contribution in [2.45, 2.75) is 57.2 Å². The fourth-order valence-corrected chi connectivity index (χ4v) is 6.48. The van der Waals surface area contributed by atoms with Crippen LogP contribution in [0.2, 0.25) is 0 Å². The maximum absolute atomic E-state index is 13.8. The van der Waals surface area contributed by atoms with Crippen molar-refractivity contribution in [1.82, 2.24) is 15.2 Å². The van der Waals surface area contributed by atoms with Gasteiger partial charge in [-0.15, -0.1) is 0 Å². The van der Waals surface area contributed by atoms with E-state index in [2.05, 4.69) is 22.3 Å². The highest BCUT2D eigenvalue weighted by Gasteiger charge is 2.43. The Balaban J connectivity index is 1.15. The second-order valence-electron chi connectivity index (χ2n) is 13.1. The third-order valence-corrected chi connectivity index (χ3v) is 9.49. The maximum Gasteiger partial charge on any atom is 0.422 e. The first-order chi connectivity index (χ1) is 24.8. The lowest BCUT2D eigenvalue weighted by Gasteiger charge is -2.36. The molecule has 2 amide bonds. The van der Waals surface area contributed by atoms with Crippen LogP contribution in [0.3, 0.4) is 0 Å². The van der Waals surface area contributed by atoms with Crippen molar-refractivity contribution in [2.75, 3.05) is 32.8 Å². The molecular formula is C41H48N4O6.